The Morgan fingerprint density at radius 1 is 1.17 bits per heavy atom. The zero-order chi connectivity index (χ0) is 18.0. The molecule has 0 saturated heterocycles. The maximum absolute atomic E-state index is 12.2. The van der Waals surface area contributed by atoms with Gasteiger partial charge in [0.25, 0.3) is 0 Å². The molecule has 0 amide bonds. The Labute approximate surface area is 148 Å². The number of rotatable bonds is 11. The molecule has 0 spiro atoms. The predicted molar refractivity (Wildman–Crippen MR) is 94.0 cm³/mol. The van der Waals surface area contributed by atoms with Crippen LogP contribution in [0.15, 0.2) is 35.7 Å². The van der Waals surface area contributed by atoms with Gasteiger partial charge < -0.3 is 9.84 Å². The smallest absolute Gasteiger partial charge is 0.330 e. The summed E-state index contributed by atoms with van der Waals surface area (Å²) in [5, 5.41) is 10.00. The van der Waals surface area contributed by atoms with E-state index in [-0.39, 0.29) is 16.4 Å². The van der Waals surface area contributed by atoms with Crippen LogP contribution in [-0.4, -0.2) is 31.9 Å². The van der Waals surface area contributed by atoms with Crippen molar-refractivity contribution in [3.63, 3.8) is 0 Å². The molecule has 0 aliphatic heterocycles. The monoisotopic (exact) mass is 374 g/mol. The van der Waals surface area contributed by atoms with Gasteiger partial charge in [-0.25, -0.2) is 13.2 Å². The van der Waals surface area contributed by atoms with E-state index in [1.807, 2.05) is 0 Å². The molecule has 1 rings (SSSR count). The van der Waals surface area contributed by atoms with Crippen LogP contribution < -0.4 is 0 Å². The predicted octanol–water partition coefficient (Wildman–Crippen LogP) is 3.89. The van der Waals surface area contributed by atoms with Crippen molar-refractivity contribution in [1.29, 1.82) is 0 Å². The van der Waals surface area contributed by atoms with E-state index in [2.05, 4.69) is 6.58 Å². The van der Waals surface area contributed by atoms with Crippen LogP contribution in [0.1, 0.15) is 38.5 Å². The summed E-state index contributed by atoms with van der Waals surface area (Å²) in [5.41, 5.74) is 0. The first kappa shape index (κ1) is 20.5. The number of halogens is 1. The van der Waals surface area contributed by atoms with Gasteiger partial charge in [0.2, 0.25) is 0 Å². The second-order valence-electron chi connectivity index (χ2n) is 5.42. The lowest BCUT2D eigenvalue weighted by molar-refractivity contribution is -0.137. The quantitative estimate of drug-likeness (QED) is 0.361. The lowest BCUT2D eigenvalue weighted by Gasteiger charge is -2.07. The summed E-state index contributed by atoms with van der Waals surface area (Å²) < 4.78 is 29.2. The van der Waals surface area contributed by atoms with Crippen LogP contribution in [-0.2, 0) is 19.4 Å². The highest BCUT2D eigenvalue weighted by Gasteiger charge is 2.18. The molecule has 0 heterocycles. The van der Waals surface area contributed by atoms with Gasteiger partial charge in [-0.1, -0.05) is 43.9 Å². The van der Waals surface area contributed by atoms with E-state index in [0.717, 1.165) is 38.2 Å². The number of sulfone groups is 1. The molecule has 1 N–H and O–H groups in total. The fourth-order valence-electron chi connectivity index (χ4n) is 2.20. The minimum Gasteiger partial charge on any atom is -0.507 e. The Morgan fingerprint density at radius 2 is 1.79 bits per heavy atom. The number of carbonyl (C=O) groups is 1. The summed E-state index contributed by atoms with van der Waals surface area (Å²) in [7, 11) is -3.50. The lowest BCUT2D eigenvalue weighted by atomic mass is 10.1. The van der Waals surface area contributed by atoms with Gasteiger partial charge in [0.1, 0.15) is 10.6 Å². The van der Waals surface area contributed by atoms with Gasteiger partial charge in [0.05, 0.1) is 12.4 Å². The molecule has 0 saturated carbocycles. The maximum atomic E-state index is 12.2. The fraction of sp³-hybridized carbons (Fsp3) is 0.471. The Balaban J connectivity index is 2.20. The van der Waals surface area contributed by atoms with E-state index in [1.54, 1.807) is 0 Å². The standard InChI is InChI=1S/C17H23ClO5S/c1-2-17(20)23-11-7-5-3-4-6-8-12-24(21,22)16-10-9-14(18)13-15(16)19/h2,9-10,13,19H,1,3-8,11-12H2. The highest BCUT2D eigenvalue weighted by Crippen LogP contribution is 2.27. The molecule has 0 fully saturated rings. The number of unbranched alkanes of at least 4 members (excludes halogenated alkanes) is 5. The third-order valence-electron chi connectivity index (χ3n) is 3.47. The van der Waals surface area contributed by atoms with Crippen molar-refractivity contribution in [2.75, 3.05) is 12.4 Å². The summed E-state index contributed by atoms with van der Waals surface area (Å²) in [6.07, 6.45) is 6.05. The molecule has 0 aromatic heterocycles. The van der Waals surface area contributed by atoms with E-state index >= 15 is 0 Å². The molecule has 0 aliphatic carbocycles. The van der Waals surface area contributed by atoms with Crippen molar-refractivity contribution in [2.24, 2.45) is 0 Å². The zero-order valence-electron chi connectivity index (χ0n) is 13.5. The molecule has 7 heteroatoms. The average molecular weight is 375 g/mol. The Morgan fingerprint density at radius 3 is 2.42 bits per heavy atom. The van der Waals surface area contributed by atoms with Gasteiger partial charge in [0.15, 0.2) is 9.84 Å². The van der Waals surface area contributed by atoms with E-state index in [1.165, 1.54) is 18.2 Å². The van der Waals surface area contributed by atoms with Crippen LogP contribution in [0.2, 0.25) is 5.02 Å². The van der Waals surface area contributed by atoms with Crippen molar-refractivity contribution < 1.29 is 23.1 Å². The molecule has 134 valence electrons. The topological polar surface area (TPSA) is 80.7 Å². The normalized spacial score (nSPS) is 11.2. The Kier molecular flexibility index (Phi) is 8.85. The molecular formula is C17H23ClO5S. The van der Waals surface area contributed by atoms with Gasteiger partial charge in [-0.15, -0.1) is 0 Å². The van der Waals surface area contributed by atoms with Crippen LogP contribution in [0.4, 0.5) is 0 Å². The minimum absolute atomic E-state index is 0.000853. The first-order valence-corrected chi connectivity index (χ1v) is 9.90. The average Bonchev–Trinajstić information content (AvgIpc) is 2.52. The zero-order valence-corrected chi connectivity index (χ0v) is 15.1. The number of hydrogen-bond acceptors (Lipinski definition) is 5. The Bertz CT molecular complexity index is 655. The number of ether oxygens (including phenoxy) is 1. The minimum atomic E-state index is -3.50. The summed E-state index contributed by atoms with van der Waals surface area (Å²) in [6, 6.07) is 4.01. The number of aromatic hydroxyl groups is 1. The highest BCUT2D eigenvalue weighted by molar-refractivity contribution is 7.91. The van der Waals surface area contributed by atoms with Gasteiger partial charge in [0, 0.05) is 11.1 Å². The third-order valence-corrected chi connectivity index (χ3v) is 5.55. The Hall–Kier alpha value is -1.53. The summed E-state index contributed by atoms with van der Waals surface area (Å²) in [6.45, 7) is 3.70. The van der Waals surface area contributed by atoms with E-state index in [9.17, 15) is 18.3 Å². The molecule has 0 aliphatic rings. The van der Waals surface area contributed by atoms with Gasteiger partial charge in [-0.3, -0.25) is 0 Å². The van der Waals surface area contributed by atoms with E-state index in [4.69, 9.17) is 16.3 Å². The SMILES string of the molecule is C=CC(=O)OCCCCCCCCS(=O)(=O)c1ccc(Cl)cc1O. The largest absolute Gasteiger partial charge is 0.507 e. The van der Waals surface area contributed by atoms with Crippen molar-refractivity contribution in [3.05, 3.63) is 35.9 Å². The van der Waals surface area contributed by atoms with Crippen LogP contribution in [0, 0.1) is 0 Å². The maximum Gasteiger partial charge on any atom is 0.330 e. The summed E-state index contributed by atoms with van der Waals surface area (Å²) >= 11 is 5.70. The van der Waals surface area contributed by atoms with Gasteiger partial charge >= 0.3 is 5.97 Å². The molecule has 0 bridgehead atoms. The molecule has 5 nitrogen and oxygen atoms in total. The number of phenolic OH excluding ortho intramolecular Hbond substituents is 1. The molecule has 0 unspecified atom stereocenters. The lowest BCUT2D eigenvalue weighted by Crippen LogP contribution is -2.07. The summed E-state index contributed by atoms with van der Waals surface area (Å²) in [5.74, 6) is -0.721. The third kappa shape index (κ3) is 7.36. The molecule has 0 atom stereocenters. The fourth-order valence-corrected chi connectivity index (χ4v) is 3.82. The molecular weight excluding hydrogens is 352 g/mol. The van der Waals surface area contributed by atoms with Crippen LogP contribution in [0.5, 0.6) is 5.75 Å². The van der Waals surface area contributed by atoms with Crippen LogP contribution in [0.25, 0.3) is 0 Å². The van der Waals surface area contributed by atoms with Crippen LogP contribution >= 0.6 is 11.6 Å². The number of hydrogen-bond donors (Lipinski definition) is 1. The van der Waals surface area contributed by atoms with Crippen molar-refractivity contribution in [2.45, 2.75) is 43.4 Å². The summed E-state index contributed by atoms with van der Waals surface area (Å²) in [4.78, 5) is 10.7. The van der Waals surface area contributed by atoms with Crippen molar-refractivity contribution in [1.82, 2.24) is 0 Å². The molecule has 0 radical (unpaired) electrons. The second-order valence-corrected chi connectivity index (χ2v) is 7.94. The number of benzene rings is 1. The molecule has 24 heavy (non-hydrogen) atoms. The number of esters is 1. The van der Waals surface area contributed by atoms with Gasteiger partial charge in [-0.05, 0) is 31.0 Å². The van der Waals surface area contributed by atoms with E-state index in [0.29, 0.717) is 18.1 Å². The second kappa shape index (κ2) is 10.4. The number of carbonyl (C=O) groups excluding carboxylic acids is 1. The van der Waals surface area contributed by atoms with Crippen molar-refractivity contribution in [3.8, 4) is 5.75 Å². The first-order chi connectivity index (χ1) is 11.4. The first-order valence-electron chi connectivity index (χ1n) is 7.87. The highest BCUT2D eigenvalue weighted by atomic mass is 35.5. The molecule has 1 aromatic rings. The van der Waals surface area contributed by atoms with Gasteiger partial charge in [-0.2, -0.15) is 0 Å². The number of phenols is 1. The van der Waals surface area contributed by atoms with Crippen LogP contribution in [0.3, 0.4) is 0 Å². The molecule has 1 aromatic carbocycles. The van der Waals surface area contributed by atoms with Crippen molar-refractivity contribution >= 4 is 27.4 Å². The van der Waals surface area contributed by atoms with E-state index < -0.39 is 15.8 Å².